The second-order valence-electron chi connectivity index (χ2n) is 3.73. The van der Waals surface area contributed by atoms with Crippen LogP contribution in [0.3, 0.4) is 0 Å². The van der Waals surface area contributed by atoms with E-state index in [0.29, 0.717) is 0 Å². The second-order valence-corrected chi connectivity index (χ2v) is 5.13. The van der Waals surface area contributed by atoms with Crippen molar-refractivity contribution >= 4 is 11.8 Å². The molecule has 1 fully saturated rings. The quantitative estimate of drug-likeness (QED) is 0.615. The zero-order valence-corrected chi connectivity index (χ0v) is 9.12. The lowest BCUT2D eigenvalue weighted by atomic mass is 10.2. The average Bonchev–Trinajstić information content (AvgIpc) is 2.82. The van der Waals surface area contributed by atoms with E-state index >= 15 is 0 Å². The van der Waals surface area contributed by atoms with Crippen LogP contribution in [0.5, 0.6) is 0 Å². The first-order valence-electron chi connectivity index (χ1n) is 5.14. The number of hydrogen-bond acceptors (Lipinski definition) is 2. The summed E-state index contributed by atoms with van der Waals surface area (Å²) in [4.78, 5) is 0. The third-order valence-corrected chi connectivity index (χ3v) is 3.23. The third kappa shape index (κ3) is 5.04. The number of nitrogens with one attached hydrogen (secondary N) is 1. The monoisotopic (exact) mass is 187 g/mol. The Hall–Kier alpha value is 0.310. The molecule has 1 aliphatic carbocycles. The highest BCUT2D eigenvalue weighted by atomic mass is 32.2. The van der Waals surface area contributed by atoms with E-state index in [9.17, 15) is 0 Å². The van der Waals surface area contributed by atoms with E-state index in [4.69, 9.17) is 0 Å². The Kier molecular flexibility index (Phi) is 5.08. The summed E-state index contributed by atoms with van der Waals surface area (Å²) < 4.78 is 0. The van der Waals surface area contributed by atoms with Gasteiger partial charge in [-0.3, -0.25) is 0 Å². The first kappa shape index (κ1) is 10.4. The Morgan fingerprint density at radius 3 is 2.83 bits per heavy atom. The molecule has 0 aromatic rings. The molecule has 0 saturated heterocycles. The SMILES string of the molecule is CCSCCNC(C)CC1CC1. The van der Waals surface area contributed by atoms with Crippen molar-refractivity contribution in [2.75, 3.05) is 18.1 Å². The van der Waals surface area contributed by atoms with Crippen LogP contribution in [0, 0.1) is 5.92 Å². The van der Waals surface area contributed by atoms with E-state index in [2.05, 4.69) is 19.2 Å². The Balaban J connectivity index is 1.83. The lowest BCUT2D eigenvalue weighted by Gasteiger charge is -2.12. The molecule has 72 valence electrons. The summed E-state index contributed by atoms with van der Waals surface area (Å²) in [5.74, 6) is 3.58. The zero-order chi connectivity index (χ0) is 8.81. The van der Waals surface area contributed by atoms with Gasteiger partial charge in [0.25, 0.3) is 0 Å². The molecule has 1 aliphatic rings. The van der Waals surface area contributed by atoms with Crippen LogP contribution in [0.4, 0.5) is 0 Å². The maximum Gasteiger partial charge on any atom is 0.00580 e. The lowest BCUT2D eigenvalue weighted by Crippen LogP contribution is -2.28. The third-order valence-electron chi connectivity index (χ3n) is 2.33. The molecule has 12 heavy (non-hydrogen) atoms. The van der Waals surface area contributed by atoms with Crippen LogP contribution in [0.2, 0.25) is 0 Å². The molecule has 0 aliphatic heterocycles. The fourth-order valence-electron chi connectivity index (χ4n) is 1.46. The summed E-state index contributed by atoms with van der Waals surface area (Å²) in [5.41, 5.74) is 0. The van der Waals surface area contributed by atoms with Crippen LogP contribution in [0.25, 0.3) is 0 Å². The predicted molar refractivity (Wildman–Crippen MR) is 57.8 cm³/mol. The fourth-order valence-corrected chi connectivity index (χ4v) is 2.01. The van der Waals surface area contributed by atoms with Crippen LogP contribution >= 0.6 is 11.8 Å². The molecule has 2 heteroatoms. The van der Waals surface area contributed by atoms with Crippen molar-refractivity contribution in [3.8, 4) is 0 Å². The van der Waals surface area contributed by atoms with Crippen molar-refractivity contribution in [1.29, 1.82) is 0 Å². The molecule has 0 bridgehead atoms. The molecule has 1 saturated carbocycles. The Morgan fingerprint density at radius 1 is 1.50 bits per heavy atom. The van der Waals surface area contributed by atoms with Gasteiger partial charge in [-0.1, -0.05) is 19.8 Å². The highest BCUT2D eigenvalue weighted by Gasteiger charge is 2.22. The topological polar surface area (TPSA) is 12.0 Å². The van der Waals surface area contributed by atoms with Gasteiger partial charge in [-0.15, -0.1) is 0 Å². The van der Waals surface area contributed by atoms with E-state index in [-0.39, 0.29) is 0 Å². The molecule has 0 amide bonds. The summed E-state index contributed by atoms with van der Waals surface area (Å²) in [5, 5.41) is 3.57. The second kappa shape index (κ2) is 5.87. The van der Waals surface area contributed by atoms with E-state index in [1.54, 1.807) is 0 Å². The molecule has 0 spiro atoms. The molecular formula is C10H21NS. The van der Waals surface area contributed by atoms with Crippen LogP contribution < -0.4 is 5.32 Å². The van der Waals surface area contributed by atoms with Gasteiger partial charge < -0.3 is 5.32 Å². The van der Waals surface area contributed by atoms with Gasteiger partial charge in [-0.05, 0) is 25.0 Å². The zero-order valence-electron chi connectivity index (χ0n) is 8.31. The lowest BCUT2D eigenvalue weighted by molar-refractivity contribution is 0.503. The number of hydrogen-bond donors (Lipinski definition) is 1. The van der Waals surface area contributed by atoms with Crippen LogP contribution in [0.1, 0.15) is 33.1 Å². The Morgan fingerprint density at radius 2 is 2.25 bits per heavy atom. The molecule has 0 heterocycles. The van der Waals surface area contributed by atoms with Crippen LogP contribution in [-0.2, 0) is 0 Å². The molecule has 1 atom stereocenters. The van der Waals surface area contributed by atoms with Gasteiger partial charge in [0, 0.05) is 18.3 Å². The summed E-state index contributed by atoms with van der Waals surface area (Å²) >= 11 is 2.02. The van der Waals surface area contributed by atoms with E-state index in [0.717, 1.165) is 12.0 Å². The maximum atomic E-state index is 3.57. The van der Waals surface area contributed by atoms with Gasteiger partial charge in [0.1, 0.15) is 0 Å². The normalized spacial score (nSPS) is 19.5. The molecular weight excluding hydrogens is 166 g/mol. The minimum absolute atomic E-state index is 0.745. The largest absolute Gasteiger partial charge is 0.313 e. The standard InChI is InChI=1S/C10H21NS/c1-3-12-7-6-11-9(2)8-10-4-5-10/h9-11H,3-8H2,1-2H3. The van der Waals surface area contributed by atoms with Crippen molar-refractivity contribution in [2.45, 2.75) is 39.2 Å². The average molecular weight is 187 g/mol. The van der Waals surface area contributed by atoms with Gasteiger partial charge in [0.05, 0.1) is 0 Å². The smallest absolute Gasteiger partial charge is 0.00580 e. The van der Waals surface area contributed by atoms with E-state index < -0.39 is 0 Å². The first-order chi connectivity index (χ1) is 5.83. The van der Waals surface area contributed by atoms with Gasteiger partial charge in [-0.2, -0.15) is 11.8 Å². The van der Waals surface area contributed by atoms with Crippen molar-refractivity contribution in [2.24, 2.45) is 5.92 Å². The van der Waals surface area contributed by atoms with Crippen molar-refractivity contribution in [1.82, 2.24) is 5.32 Å². The predicted octanol–water partition coefficient (Wildman–Crippen LogP) is 2.52. The maximum absolute atomic E-state index is 3.57. The summed E-state index contributed by atoms with van der Waals surface area (Å²) in [6, 6.07) is 0.745. The summed E-state index contributed by atoms with van der Waals surface area (Å²) in [6.07, 6.45) is 4.36. The fraction of sp³-hybridized carbons (Fsp3) is 1.00. The first-order valence-corrected chi connectivity index (χ1v) is 6.29. The molecule has 0 aromatic carbocycles. The van der Waals surface area contributed by atoms with Crippen LogP contribution in [0.15, 0.2) is 0 Å². The van der Waals surface area contributed by atoms with Crippen molar-refractivity contribution in [3.05, 3.63) is 0 Å². The van der Waals surface area contributed by atoms with Gasteiger partial charge >= 0.3 is 0 Å². The minimum Gasteiger partial charge on any atom is -0.313 e. The van der Waals surface area contributed by atoms with Gasteiger partial charge in [0.15, 0.2) is 0 Å². The molecule has 0 aromatic heterocycles. The highest BCUT2D eigenvalue weighted by Crippen LogP contribution is 2.33. The van der Waals surface area contributed by atoms with Gasteiger partial charge in [-0.25, -0.2) is 0 Å². The molecule has 0 radical (unpaired) electrons. The Bertz CT molecular complexity index is 112. The van der Waals surface area contributed by atoms with Crippen molar-refractivity contribution < 1.29 is 0 Å². The van der Waals surface area contributed by atoms with Crippen LogP contribution in [-0.4, -0.2) is 24.1 Å². The Labute approximate surface area is 80.7 Å². The molecule has 1 unspecified atom stereocenters. The highest BCUT2D eigenvalue weighted by molar-refractivity contribution is 7.99. The van der Waals surface area contributed by atoms with E-state index in [1.807, 2.05) is 11.8 Å². The number of thioether (sulfide) groups is 1. The number of rotatable bonds is 7. The van der Waals surface area contributed by atoms with Crippen molar-refractivity contribution in [3.63, 3.8) is 0 Å². The minimum atomic E-state index is 0.745. The molecule has 1 nitrogen and oxygen atoms in total. The summed E-state index contributed by atoms with van der Waals surface area (Å²) in [6.45, 7) is 5.72. The molecule has 1 rings (SSSR count). The van der Waals surface area contributed by atoms with E-state index in [1.165, 1.54) is 37.3 Å². The summed E-state index contributed by atoms with van der Waals surface area (Å²) in [7, 11) is 0. The van der Waals surface area contributed by atoms with Gasteiger partial charge in [0.2, 0.25) is 0 Å². The molecule has 1 N–H and O–H groups in total.